The van der Waals surface area contributed by atoms with E-state index in [-0.39, 0.29) is 22.4 Å². The molecule has 3 rings (SSSR count). The molecule has 3 N–H and O–H groups in total. The SMILES string of the molecule is CC(=O)NCCCCNC(=O)c1cc(NC(=O)[C@H]2[C@H](c3cc(Cl)cc(Cl)c3)C2(Cl)Cl)ccc1Cl. The summed E-state index contributed by atoms with van der Waals surface area (Å²) in [6, 6.07) is 9.53. The Morgan fingerprint density at radius 1 is 0.912 bits per heavy atom. The summed E-state index contributed by atoms with van der Waals surface area (Å²) in [7, 11) is 0. The second-order valence-electron chi connectivity index (χ2n) is 7.96. The Morgan fingerprint density at radius 3 is 2.15 bits per heavy atom. The van der Waals surface area contributed by atoms with Gasteiger partial charge in [-0.3, -0.25) is 14.4 Å². The predicted octanol–water partition coefficient (Wildman–Crippen LogP) is 5.82. The fraction of sp³-hybridized carbons (Fsp3) is 0.348. The smallest absolute Gasteiger partial charge is 0.252 e. The van der Waals surface area contributed by atoms with Crippen LogP contribution in [0.15, 0.2) is 36.4 Å². The zero-order valence-electron chi connectivity index (χ0n) is 18.1. The third-order valence-electron chi connectivity index (χ3n) is 5.32. The topological polar surface area (TPSA) is 87.3 Å². The van der Waals surface area contributed by atoms with E-state index in [1.54, 1.807) is 24.3 Å². The van der Waals surface area contributed by atoms with Gasteiger partial charge in [0, 0.05) is 41.7 Å². The minimum absolute atomic E-state index is 0.0934. The Labute approximate surface area is 222 Å². The van der Waals surface area contributed by atoms with Crippen LogP contribution in [-0.2, 0) is 9.59 Å². The number of amides is 3. The van der Waals surface area contributed by atoms with E-state index < -0.39 is 22.1 Å². The van der Waals surface area contributed by atoms with Gasteiger partial charge in [0.2, 0.25) is 11.8 Å². The zero-order chi connectivity index (χ0) is 25.0. The van der Waals surface area contributed by atoms with Crippen molar-refractivity contribution in [3.8, 4) is 0 Å². The fourth-order valence-corrected chi connectivity index (χ4v) is 5.21. The van der Waals surface area contributed by atoms with Crippen molar-refractivity contribution in [2.45, 2.75) is 30.0 Å². The maximum atomic E-state index is 12.9. The van der Waals surface area contributed by atoms with E-state index >= 15 is 0 Å². The molecule has 0 heterocycles. The lowest BCUT2D eigenvalue weighted by Gasteiger charge is -2.10. The summed E-state index contributed by atoms with van der Waals surface area (Å²) >= 11 is 31.1. The average molecular weight is 566 g/mol. The van der Waals surface area contributed by atoms with Gasteiger partial charge in [-0.25, -0.2) is 0 Å². The largest absolute Gasteiger partial charge is 0.356 e. The fourth-order valence-electron chi connectivity index (χ4n) is 3.63. The van der Waals surface area contributed by atoms with Crippen molar-refractivity contribution in [3.05, 3.63) is 62.6 Å². The first-order valence-corrected chi connectivity index (χ1v) is 12.4. The summed E-state index contributed by atoms with van der Waals surface area (Å²) in [4.78, 5) is 36.3. The second-order valence-corrected chi connectivity index (χ2v) is 10.7. The Balaban J connectivity index is 1.61. The van der Waals surface area contributed by atoms with Crippen LogP contribution in [0.2, 0.25) is 15.1 Å². The van der Waals surface area contributed by atoms with Crippen molar-refractivity contribution in [2.24, 2.45) is 5.92 Å². The monoisotopic (exact) mass is 563 g/mol. The van der Waals surface area contributed by atoms with Gasteiger partial charge >= 0.3 is 0 Å². The van der Waals surface area contributed by atoms with Crippen LogP contribution in [0.3, 0.4) is 0 Å². The van der Waals surface area contributed by atoms with E-state index in [1.165, 1.54) is 19.1 Å². The lowest BCUT2D eigenvalue weighted by Crippen LogP contribution is -2.26. The van der Waals surface area contributed by atoms with E-state index in [9.17, 15) is 14.4 Å². The van der Waals surface area contributed by atoms with Crippen LogP contribution in [0.5, 0.6) is 0 Å². The minimum atomic E-state index is -1.32. The average Bonchev–Trinajstić information content (AvgIpc) is 3.33. The molecule has 0 radical (unpaired) electrons. The van der Waals surface area contributed by atoms with E-state index in [0.29, 0.717) is 40.8 Å². The van der Waals surface area contributed by atoms with E-state index in [0.717, 1.165) is 6.42 Å². The van der Waals surface area contributed by atoms with E-state index in [4.69, 9.17) is 58.0 Å². The third kappa shape index (κ3) is 6.70. The number of anilines is 1. The number of carbonyl (C=O) groups excluding carboxylic acids is 3. The van der Waals surface area contributed by atoms with Gasteiger partial charge in [-0.05, 0) is 54.8 Å². The van der Waals surface area contributed by atoms with Crippen LogP contribution in [0.4, 0.5) is 5.69 Å². The van der Waals surface area contributed by atoms with Gasteiger partial charge in [-0.15, -0.1) is 23.2 Å². The van der Waals surface area contributed by atoms with Gasteiger partial charge < -0.3 is 16.0 Å². The Morgan fingerprint density at radius 2 is 1.53 bits per heavy atom. The maximum absolute atomic E-state index is 12.9. The number of carbonyl (C=O) groups is 3. The van der Waals surface area contributed by atoms with Crippen molar-refractivity contribution in [2.75, 3.05) is 18.4 Å². The predicted molar refractivity (Wildman–Crippen MR) is 137 cm³/mol. The lowest BCUT2D eigenvalue weighted by molar-refractivity contribution is -0.119. The van der Waals surface area contributed by atoms with Crippen molar-refractivity contribution >= 4 is 81.4 Å². The molecule has 1 aliphatic rings. The molecular formula is C23H22Cl5N3O3. The van der Waals surface area contributed by atoms with Gasteiger partial charge in [-0.2, -0.15) is 0 Å². The number of unbranched alkanes of at least 4 members (excludes halogenated alkanes) is 1. The highest BCUT2D eigenvalue weighted by atomic mass is 35.5. The Hall–Kier alpha value is -1.70. The summed E-state index contributed by atoms with van der Waals surface area (Å²) in [6.45, 7) is 2.41. The number of hydrogen-bond acceptors (Lipinski definition) is 3. The molecule has 3 amide bonds. The summed E-state index contributed by atoms with van der Waals surface area (Å²) < 4.78 is -1.32. The molecule has 0 saturated heterocycles. The number of hydrogen-bond donors (Lipinski definition) is 3. The van der Waals surface area contributed by atoms with Crippen LogP contribution in [0.25, 0.3) is 0 Å². The standard InChI is InChI=1S/C23H22Cl5N3O3/c1-12(32)29-6-2-3-7-30-21(33)17-11-16(4-5-18(17)26)31-22(34)20-19(23(20,27)28)13-8-14(24)10-15(25)9-13/h4-5,8-11,19-20H,2-3,6-7H2,1H3,(H,29,32)(H,30,33)(H,31,34)/t19-,20+/m0/s1. The van der Waals surface area contributed by atoms with Gasteiger partial charge in [0.05, 0.1) is 16.5 Å². The molecule has 0 unspecified atom stereocenters. The molecule has 34 heavy (non-hydrogen) atoms. The van der Waals surface area contributed by atoms with E-state index in [2.05, 4.69) is 16.0 Å². The number of rotatable bonds is 9. The summed E-state index contributed by atoms with van der Waals surface area (Å²) in [5, 5.41) is 9.31. The van der Waals surface area contributed by atoms with Crippen LogP contribution >= 0.6 is 58.0 Å². The van der Waals surface area contributed by atoms with Crippen molar-refractivity contribution in [1.29, 1.82) is 0 Å². The van der Waals surface area contributed by atoms with E-state index in [1.807, 2.05) is 0 Å². The first-order valence-electron chi connectivity index (χ1n) is 10.5. The molecule has 2 aromatic rings. The number of benzene rings is 2. The molecule has 0 aliphatic heterocycles. The van der Waals surface area contributed by atoms with Crippen molar-refractivity contribution in [1.82, 2.24) is 10.6 Å². The minimum Gasteiger partial charge on any atom is -0.356 e. The zero-order valence-corrected chi connectivity index (χ0v) is 21.8. The Kier molecular flexibility index (Phi) is 8.98. The second kappa shape index (κ2) is 11.4. The normalized spacial score (nSPS) is 18.2. The molecule has 6 nitrogen and oxygen atoms in total. The van der Waals surface area contributed by atoms with Crippen molar-refractivity contribution in [3.63, 3.8) is 0 Å². The lowest BCUT2D eigenvalue weighted by atomic mass is 10.1. The molecule has 1 aliphatic carbocycles. The highest BCUT2D eigenvalue weighted by molar-refractivity contribution is 6.53. The first kappa shape index (κ1) is 26.9. The molecule has 2 aromatic carbocycles. The number of alkyl halides is 2. The van der Waals surface area contributed by atoms with Crippen LogP contribution < -0.4 is 16.0 Å². The molecule has 1 saturated carbocycles. The quantitative estimate of drug-likeness (QED) is 0.265. The molecule has 0 spiro atoms. The third-order valence-corrected chi connectivity index (χ3v) is 7.03. The van der Waals surface area contributed by atoms with Gasteiger partial charge in [0.1, 0.15) is 4.33 Å². The molecule has 182 valence electrons. The molecule has 2 atom stereocenters. The van der Waals surface area contributed by atoms with Gasteiger partial charge in [-0.1, -0.05) is 34.8 Å². The van der Waals surface area contributed by atoms with Crippen LogP contribution in [-0.4, -0.2) is 35.1 Å². The molecule has 0 aromatic heterocycles. The first-order chi connectivity index (χ1) is 16.0. The van der Waals surface area contributed by atoms with Crippen molar-refractivity contribution < 1.29 is 14.4 Å². The molecule has 11 heteroatoms. The summed E-state index contributed by atoms with van der Waals surface area (Å²) in [5.41, 5.74) is 1.26. The molecule has 1 fully saturated rings. The highest BCUT2D eigenvalue weighted by Crippen LogP contribution is 2.65. The number of nitrogens with one attached hydrogen (secondary N) is 3. The molecule has 0 bridgehead atoms. The summed E-state index contributed by atoms with van der Waals surface area (Å²) in [5.74, 6) is -2.09. The van der Waals surface area contributed by atoms with Gasteiger partial charge in [0.25, 0.3) is 5.91 Å². The Bertz CT molecular complexity index is 1090. The molecular weight excluding hydrogens is 544 g/mol. The van der Waals surface area contributed by atoms with Gasteiger partial charge in [0.15, 0.2) is 0 Å². The van der Waals surface area contributed by atoms with Crippen LogP contribution in [0, 0.1) is 5.92 Å². The highest BCUT2D eigenvalue weighted by Gasteiger charge is 2.67. The maximum Gasteiger partial charge on any atom is 0.252 e. The van der Waals surface area contributed by atoms with Crippen LogP contribution in [0.1, 0.15) is 41.6 Å². The summed E-state index contributed by atoms with van der Waals surface area (Å²) in [6.07, 6.45) is 1.41. The number of halogens is 5.